The Kier molecular flexibility index (Phi) is 4.18. The summed E-state index contributed by atoms with van der Waals surface area (Å²) < 4.78 is 6.61. The molecule has 118 valence electrons. The fourth-order valence-corrected chi connectivity index (χ4v) is 1.86. The Hall–Kier alpha value is -2.41. The first-order chi connectivity index (χ1) is 10.2. The fourth-order valence-electron chi connectivity index (χ4n) is 1.86. The van der Waals surface area contributed by atoms with Crippen LogP contribution in [0.5, 0.6) is 0 Å². The van der Waals surface area contributed by atoms with Gasteiger partial charge >= 0.3 is 6.09 Å². The first-order valence-electron chi connectivity index (χ1n) is 6.75. The Balaban J connectivity index is 2.41. The third-order valence-corrected chi connectivity index (χ3v) is 2.94. The number of hydroxylamine groups is 2. The molecule has 2 aromatic rings. The Morgan fingerprint density at radius 2 is 1.95 bits per heavy atom. The normalized spacial score (nSPS) is 11.5. The second-order valence-corrected chi connectivity index (χ2v) is 5.78. The number of fused-ring (bicyclic) bond motifs is 1. The zero-order chi connectivity index (χ0) is 16.5. The molecule has 1 aromatic heterocycles. The predicted octanol–water partition coefficient (Wildman–Crippen LogP) is 2.45. The Bertz CT molecular complexity index is 715. The first-order valence-corrected chi connectivity index (χ1v) is 6.75. The number of benzene rings is 1. The molecule has 0 aliphatic heterocycles. The summed E-state index contributed by atoms with van der Waals surface area (Å²) in [6, 6.07) is 4.89. The number of carbonyl (C=O) groups excluding carboxylic acids is 2. The molecule has 0 radical (unpaired) electrons. The average molecular weight is 305 g/mol. The summed E-state index contributed by atoms with van der Waals surface area (Å²) in [5.74, 6) is -0.318. The number of hydrogen-bond donors (Lipinski definition) is 0. The van der Waals surface area contributed by atoms with Crippen molar-refractivity contribution in [1.82, 2.24) is 14.6 Å². The molecule has 1 amide bonds. The maximum Gasteiger partial charge on any atom is 0.420 e. The van der Waals surface area contributed by atoms with Gasteiger partial charge in [0, 0.05) is 12.6 Å². The molecule has 0 N–H and O–H groups in total. The summed E-state index contributed by atoms with van der Waals surface area (Å²) in [5.41, 5.74) is 0.881. The van der Waals surface area contributed by atoms with Crippen molar-refractivity contribution in [2.24, 2.45) is 0 Å². The van der Waals surface area contributed by atoms with E-state index in [1.54, 1.807) is 39.0 Å². The standard InChI is InChI=1S/C15H19N3O4/c1-15(2,3)22-14(20)18-9-16-11-7-6-10(8-12(11)18)13(19)17(4)21-5/h6-9H,1-5H3. The number of amides is 1. The Morgan fingerprint density at radius 1 is 1.27 bits per heavy atom. The third kappa shape index (κ3) is 3.25. The van der Waals surface area contributed by atoms with Crippen LogP contribution in [-0.2, 0) is 9.57 Å². The summed E-state index contributed by atoms with van der Waals surface area (Å²) in [6.07, 6.45) is 0.840. The highest BCUT2D eigenvalue weighted by atomic mass is 16.7. The maximum atomic E-state index is 12.2. The lowest BCUT2D eigenvalue weighted by Gasteiger charge is -2.19. The Morgan fingerprint density at radius 3 is 2.55 bits per heavy atom. The van der Waals surface area contributed by atoms with E-state index in [0.717, 1.165) is 5.06 Å². The van der Waals surface area contributed by atoms with Crippen LogP contribution in [0.3, 0.4) is 0 Å². The molecule has 0 spiro atoms. The molecule has 1 heterocycles. The number of ether oxygens (including phenoxy) is 1. The van der Waals surface area contributed by atoms with Gasteiger partial charge in [0.2, 0.25) is 0 Å². The van der Waals surface area contributed by atoms with Gasteiger partial charge in [0.15, 0.2) is 0 Å². The van der Waals surface area contributed by atoms with Gasteiger partial charge in [-0.3, -0.25) is 9.63 Å². The van der Waals surface area contributed by atoms with E-state index in [4.69, 9.17) is 9.57 Å². The molecule has 0 bridgehead atoms. The van der Waals surface area contributed by atoms with E-state index in [0.29, 0.717) is 16.6 Å². The van der Waals surface area contributed by atoms with Gasteiger partial charge in [0.25, 0.3) is 5.91 Å². The molecule has 22 heavy (non-hydrogen) atoms. The number of rotatable bonds is 2. The molecule has 0 saturated heterocycles. The van der Waals surface area contributed by atoms with Gasteiger partial charge in [0.05, 0.1) is 18.1 Å². The number of nitrogens with zero attached hydrogens (tertiary/aromatic N) is 3. The van der Waals surface area contributed by atoms with Crippen LogP contribution in [0.2, 0.25) is 0 Å². The van der Waals surface area contributed by atoms with E-state index in [-0.39, 0.29) is 5.91 Å². The highest BCUT2D eigenvalue weighted by molar-refractivity contribution is 5.98. The molecule has 0 fully saturated rings. The predicted molar refractivity (Wildman–Crippen MR) is 80.5 cm³/mol. The lowest BCUT2D eigenvalue weighted by molar-refractivity contribution is -0.0756. The van der Waals surface area contributed by atoms with E-state index in [1.807, 2.05) is 0 Å². The van der Waals surface area contributed by atoms with Crippen LogP contribution in [0.1, 0.15) is 31.1 Å². The van der Waals surface area contributed by atoms with Crippen LogP contribution < -0.4 is 0 Å². The van der Waals surface area contributed by atoms with Gasteiger partial charge in [-0.2, -0.15) is 0 Å². The number of imidazole rings is 1. The van der Waals surface area contributed by atoms with Crippen LogP contribution in [0.25, 0.3) is 11.0 Å². The minimum absolute atomic E-state index is 0.318. The van der Waals surface area contributed by atoms with Crippen LogP contribution in [0, 0.1) is 0 Å². The molecule has 0 unspecified atom stereocenters. The van der Waals surface area contributed by atoms with Crippen molar-refractivity contribution in [2.45, 2.75) is 26.4 Å². The maximum absolute atomic E-state index is 12.2. The second-order valence-electron chi connectivity index (χ2n) is 5.78. The summed E-state index contributed by atoms with van der Waals surface area (Å²) >= 11 is 0. The molecule has 0 aliphatic carbocycles. The second kappa shape index (κ2) is 5.76. The highest BCUT2D eigenvalue weighted by Crippen LogP contribution is 2.18. The Labute approximate surface area is 128 Å². The summed E-state index contributed by atoms with van der Waals surface area (Å²) in [6.45, 7) is 5.35. The topological polar surface area (TPSA) is 73.7 Å². The molecular formula is C15H19N3O4. The molecule has 0 atom stereocenters. The van der Waals surface area contributed by atoms with E-state index >= 15 is 0 Å². The third-order valence-electron chi connectivity index (χ3n) is 2.94. The van der Waals surface area contributed by atoms with Crippen LogP contribution >= 0.6 is 0 Å². The quantitative estimate of drug-likeness (QED) is 0.797. The van der Waals surface area contributed by atoms with Crippen LogP contribution in [0.4, 0.5) is 4.79 Å². The van der Waals surface area contributed by atoms with E-state index in [1.165, 1.54) is 25.1 Å². The van der Waals surface area contributed by atoms with Gasteiger partial charge in [-0.1, -0.05) is 0 Å². The monoisotopic (exact) mass is 305 g/mol. The number of carbonyl (C=O) groups is 2. The summed E-state index contributed by atoms with van der Waals surface area (Å²) in [7, 11) is 2.92. The van der Waals surface area contributed by atoms with Crippen LogP contribution in [0.15, 0.2) is 24.5 Å². The molecule has 1 aromatic carbocycles. The minimum Gasteiger partial charge on any atom is -0.443 e. The van der Waals surface area contributed by atoms with Crippen molar-refractivity contribution < 1.29 is 19.2 Å². The lowest BCUT2D eigenvalue weighted by Crippen LogP contribution is -2.27. The highest BCUT2D eigenvalue weighted by Gasteiger charge is 2.20. The average Bonchev–Trinajstić information content (AvgIpc) is 2.86. The first kappa shape index (κ1) is 16.0. The summed E-state index contributed by atoms with van der Waals surface area (Å²) in [5, 5.41) is 1.11. The van der Waals surface area contributed by atoms with Crippen molar-refractivity contribution >= 4 is 23.0 Å². The van der Waals surface area contributed by atoms with Crippen molar-refractivity contribution in [2.75, 3.05) is 14.2 Å². The fraction of sp³-hybridized carbons (Fsp3) is 0.400. The van der Waals surface area contributed by atoms with E-state index in [9.17, 15) is 9.59 Å². The molecular weight excluding hydrogens is 286 g/mol. The van der Waals surface area contributed by atoms with Gasteiger partial charge in [-0.05, 0) is 39.0 Å². The van der Waals surface area contributed by atoms with Gasteiger partial charge in [0.1, 0.15) is 11.9 Å². The molecule has 0 aliphatic rings. The molecule has 0 saturated carbocycles. The zero-order valence-corrected chi connectivity index (χ0v) is 13.3. The minimum atomic E-state index is -0.614. The van der Waals surface area contributed by atoms with Crippen molar-refractivity contribution in [3.05, 3.63) is 30.1 Å². The zero-order valence-electron chi connectivity index (χ0n) is 13.3. The van der Waals surface area contributed by atoms with Gasteiger partial charge < -0.3 is 4.74 Å². The smallest absolute Gasteiger partial charge is 0.420 e. The molecule has 7 heteroatoms. The largest absolute Gasteiger partial charge is 0.443 e. The molecule has 7 nitrogen and oxygen atoms in total. The summed E-state index contributed by atoms with van der Waals surface area (Å²) in [4.78, 5) is 33.3. The van der Waals surface area contributed by atoms with E-state index < -0.39 is 11.7 Å². The van der Waals surface area contributed by atoms with Crippen molar-refractivity contribution in [3.8, 4) is 0 Å². The van der Waals surface area contributed by atoms with Gasteiger partial charge in [-0.25, -0.2) is 19.4 Å². The van der Waals surface area contributed by atoms with Crippen molar-refractivity contribution in [1.29, 1.82) is 0 Å². The van der Waals surface area contributed by atoms with Gasteiger partial charge in [-0.15, -0.1) is 0 Å². The van der Waals surface area contributed by atoms with E-state index in [2.05, 4.69) is 4.98 Å². The lowest BCUT2D eigenvalue weighted by atomic mass is 10.2. The molecule has 2 rings (SSSR count). The van der Waals surface area contributed by atoms with Crippen LogP contribution in [-0.4, -0.2) is 46.4 Å². The van der Waals surface area contributed by atoms with Crippen molar-refractivity contribution in [3.63, 3.8) is 0 Å². The number of aromatic nitrogens is 2. The SMILES string of the molecule is CON(C)C(=O)c1ccc2ncn(C(=O)OC(C)(C)C)c2c1. The number of hydrogen-bond acceptors (Lipinski definition) is 5.